The van der Waals surface area contributed by atoms with Crippen LogP contribution in [-0.4, -0.2) is 15.7 Å². The predicted molar refractivity (Wildman–Crippen MR) is 82.4 cm³/mol. The summed E-state index contributed by atoms with van der Waals surface area (Å²) in [6, 6.07) is 10.1. The molecule has 1 aromatic carbocycles. The third-order valence-electron chi connectivity index (χ3n) is 3.31. The Labute approximate surface area is 123 Å². The Balaban J connectivity index is 2.19. The topological polar surface area (TPSA) is 64.0 Å². The predicted octanol–water partition coefficient (Wildman–Crippen LogP) is 2.31. The van der Waals surface area contributed by atoms with Crippen LogP contribution in [0.5, 0.6) is 0 Å². The van der Waals surface area contributed by atoms with Gasteiger partial charge in [-0.2, -0.15) is 5.10 Å². The summed E-state index contributed by atoms with van der Waals surface area (Å²) in [5, 5.41) is 6.94. The molecule has 1 heterocycles. The van der Waals surface area contributed by atoms with Gasteiger partial charge in [-0.15, -0.1) is 0 Å². The molecule has 1 atom stereocenters. The summed E-state index contributed by atoms with van der Waals surface area (Å²) >= 11 is 0. The van der Waals surface area contributed by atoms with Gasteiger partial charge < -0.3 is 5.32 Å². The van der Waals surface area contributed by atoms with Gasteiger partial charge in [-0.1, -0.05) is 19.1 Å². The van der Waals surface area contributed by atoms with Crippen molar-refractivity contribution in [3.05, 3.63) is 58.0 Å². The number of aromatic nitrogens is 2. The van der Waals surface area contributed by atoms with Gasteiger partial charge in [0.05, 0.1) is 5.69 Å². The highest BCUT2D eigenvalue weighted by Crippen LogP contribution is 2.13. The summed E-state index contributed by atoms with van der Waals surface area (Å²) in [6.45, 7) is 5.50. The van der Waals surface area contributed by atoms with E-state index in [0.29, 0.717) is 5.69 Å². The highest BCUT2D eigenvalue weighted by Gasteiger charge is 2.17. The lowest BCUT2D eigenvalue weighted by atomic mass is 10.1. The van der Waals surface area contributed by atoms with Gasteiger partial charge in [-0.05, 0) is 44.0 Å². The second-order valence-electron chi connectivity index (χ2n) is 4.98. The van der Waals surface area contributed by atoms with E-state index in [9.17, 15) is 9.59 Å². The minimum Gasteiger partial charge on any atom is -0.324 e. The monoisotopic (exact) mass is 285 g/mol. The van der Waals surface area contributed by atoms with Crippen LogP contribution in [0.15, 0.2) is 41.2 Å². The number of carbonyl (C=O) groups is 1. The van der Waals surface area contributed by atoms with Crippen molar-refractivity contribution in [2.75, 3.05) is 5.32 Å². The molecule has 0 saturated heterocycles. The Morgan fingerprint density at radius 1 is 1.33 bits per heavy atom. The Kier molecular flexibility index (Phi) is 4.52. The molecule has 1 aromatic heterocycles. The van der Waals surface area contributed by atoms with Crippen LogP contribution in [0.4, 0.5) is 5.69 Å². The van der Waals surface area contributed by atoms with Gasteiger partial charge in [0.2, 0.25) is 5.91 Å². The van der Waals surface area contributed by atoms with Crippen molar-refractivity contribution in [2.45, 2.75) is 33.2 Å². The Bertz CT molecular complexity index is 707. The molecule has 5 heteroatoms. The Hall–Kier alpha value is -2.43. The first-order valence-electron chi connectivity index (χ1n) is 6.97. The van der Waals surface area contributed by atoms with Crippen molar-refractivity contribution in [3.8, 4) is 0 Å². The Morgan fingerprint density at radius 2 is 2.10 bits per heavy atom. The molecule has 2 rings (SSSR count). The first-order chi connectivity index (χ1) is 10.0. The van der Waals surface area contributed by atoms with Crippen molar-refractivity contribution >= 4 is 11.6 Å². The normalized spacial score (nSPS) is 12.0. The molecule has 1 amide bonds. The van der Waals surface area contributed by atoms with E-state index in [4.69, 9.17) is 0 Å². The van der Waals surface area contributed by atoms with Crippen LogP contribution in [-0.2, 0) is 11.2 Å². The number of hydrogen-bond donors (Lipinski definition) is 1. The van der Waals surface area contributed by atoms with E-state index in [1.54, 1.807) is 19.9 Å². The number of hydrogen-bond acceptors (Lipinski definition) is 3. The van der Waals surface area contributed by atoms with E-state index in [-0.39, 0.29) is 11.5 Å². The average molecular weight is 285 g/mol. The van der Waals surface area contributed by atoms with Gasteiger partial charge in [0.25, 0.3) is 5.56 Å². The third kappa shape index (κ3) is 3.56. The lowest BCUT2D eigenvalue weighted by Crippen LogP contribution is -2.33. The standard InChI is InChI=1S/C16H19N3O2/c1-4-13-6-5-7-14(10-13)17-16(21)12(3)19-15(20)9-8-11(2)18-19/h5-10,12H,4H2,1-3H3,(H,17,21). The zero-order valence-corrected chi connectivity index (χ0v) is 12.5. The van der Waals surface area contributed by atoms with Gasteiger partial charge in [-0.25, -0.2) is 4.68 Å². The third-order valence-corrected chi connectivity index (χ3v) is 3.31. The number of nitrogens with zero attached hydrogens (tertiary/aromatic N) is 2. The van der Waals surface area contributed by atoms with Gasteiger partial charge in [0.1, 0.15) is 6.04 Å². The van der Waals surface area contributed by atoms with Crippen LogP contribution in [0.25, 0.3) is 0 Å². The maximum absolute atomic E-state index is 12.3. The van der Waals surface area contributed by atoms with Gasteiger partial charge in [0, 0.05) is 11.8 Å². The number of carbonyl (C=O) groups excluding carboxylic acids is 1. The van der Waals surface area contributed by atoms with Crippen LogP contribution in [0.2, 0.25) is 0 Å². The quantitative estimate of drug-likeness (QED) is 0.937. The largest absolute Gasteiger partial charge is 0.324 e. The molecule has 0 fully saturated rings. The maximum atomic E-state index is 12.3. The maximum Gasteiger partial charge on any atom is 0.267 e. The summed E-state index contributed by atoms with van der Waals surface area (Å²) in [4.78, 5) is 24.1. The molecule has 1 N–H and O–H groups in total. The minimum atomic E-state index is -0.664. The minimum absolute atomic E-state index is 0.261. The van der Waals surface area contributed by atoms with Gasteiger partial charge in [0.15, 0.2) is 0 Å². The zero-order valence-electron chi connectivity index (χ0n) is 12.5. The van der Waals surface area contributed by atoms with E-state index < -0.39 is 6.04 Å². The van der Waals surface area contributed by atoms with E-state index in [1.165, 1.54) is 10.7 Å². The summed E-state index contributed by atoms with van der Waals surface area (Å²) < 4.78 is 1.20. The van der Waals surface area contributed by atoms with Crippen LogP contribution < -0.4 is 10.9 Å². The molecule has 0 radical (unpaired) electrons. The number of anilines is 1. The summed E-state index contributed by atoms with van der Waals surface area (Å²) in [7, 11) is 0. The first kappa shape index (κ1) is 15.0. The van der Waals surface area contributed by atoms with Crippen molar-refractivity contribution in [1.82, 2.24) is 9.78 Å². The van der Waals surface area contributed by atoms with Crippen LogP contribution in [0.3, 0.4) is 0 Å². The molecule has 0 saturated carbocycles. The summed E-state index contributed by atoms with van der Waals surface area (Å²) in [6.07, 6.45) is 0.901. The van der Waals surface area contributed by atoms with E-state index >= 15 is 0 Å². The smallest absolute Gasteiger partial charge is 0.267 e. The lowest BCUT2D eigenvalue weighted by Gasteiger charge is -2.14. The molecule has 5 nitrogen and oxygen atoms in total. The summed E-state index contributed by atoms with van der Waals surface area (Å²) in [5.41, 5.74) is 2.28. The molecule has 0 aliphatic carbocycles. The fraction of sp³-hybridized carbons (Fsp3) is 0.312. The van der Waals surface area contributed by atoms with Crippen molar-refractivity contribution in [2.24, 2.45) is 0 Å². The zero-order chi connectivity index (χ0) is 15.4. The number of benzene rings is 1. The highest BCUT2D eigenvalue weighted by atomic mass is 16.2. The summed E-state index contributed by atoms with van der Waals surface area (Å²) in [5.74, 6) is -0.261. The number of amides is 1. The molecule has 0 bridgehead atoms. The fourth-order valence-corrected chi connectivity index (χ4v) is 2.03. The van der Waals surface area contributed by atoms with E-state index in [1.807, 2.05) is 24.3 Å². The van der Waals surface area contributed by atoms with Gasteiger partial charge in [-0.3, -0.25) is 9.59 Å². The van der Waals surface area contributed by atoms with Crippen LogP contribution >= 0.6 is 0 Å². The fourth-order valence-electron chi connectivity index (χ4n) is 2.03. The van der Waals surface area contributed by atoms with Crippen LogP contribution in [0.1, 0.15) is 31.1 Å². The Morgan fingerprint density at radius 3 is 2.81 bits per heavy atom. The average Bonchev–Trinajstić information content (AvgIpc) is 2.49. The molecular weight excluding hydrogens is 266 g/mol. The van der Waals surface area contributed by atoms with E-state index in [0.717, 1.165) is 17.7 Å². The second kappa shape index (κ2) is 6.35. The van der Waals surface area contributed by atoms with Crippen molar-refractivity contribution < 1.29 is 4.79 Å². The molecular formula is C16H19N3O2. The molecule has 110 valence electrons. The molecule has 1 unspecified atom stereocenters. The van der Waals surface area contributed by atoms with Crippen molar-refractivity contribution in [3.63, 3.8) is 0 Å². The SMILES string of the molecule is CCc1cccc(NC(=O)C(C)n2nc(C)ccc2=O)c1. The van der Waals surface area contributed by atoms with Crippen molar-refractivity contribution in [1.29, 1.82) is 0 Å². The molecule has 0 aliphatic rings. The number of aryl methyl sites for hydroxylation is 2. The molecule has 2 aromatic rings. The highest BCUT2D eigenvalue weighted by molar-refractivity contribution is 5.93. The lowest BCUT2D eigenvalue weighted by molar-refractivity contribution is -0.119. The van der Waals surface area contributed by atoms with Crippen LogP contribution in [0, 0.1) is 6.92 Å². The van der Waals surface area contributed by atoms with Gasteiger partial charge >= 0.3 is 0 Å². The number of nitrogens with one attached hydrogen (secondary N) is 1. The second-order valence-corrected chi connectivity index (χ2v) is 4.98. The molecule has 21 heavy (non-hydrogen) atoms. The van der Waals surface area contributed by atoms with E-state index in [2.05, 4.69) is 17.3 Å². The first-order valence-corrected chi connectivity index (χ1v) is 6.97. The molecule has 0 spiro atoms. The molecule has 0 aliphatic heterocycles. The number of rotatable bonds is 4.